The third kappa shape index (κ3) is 2.39. The van der Waals surface area contributed by atoms with E-state index >= 15 is 0 Å². The molecule has 1 aliphatic heterocycles. The first-order chi connectivity index (χ1) is 8.39. The molecule has 1 aromatic carbocycles. The quantitative estimate of drug-likeness (QED) is 0.881. The van der Waals surface area contributed by atoms with Crippen LogP contribution in [0.3, 0.4) is 0 Å². The van der Waals surface area contributed by atoms with Crippen molar-refractivity contribution < 1.29 is 23.8 Å². The molecule has 0 aromatic heterocycles. The predicted octanol–water partition coefficient (Wildman–Crippen LogP) is 2.75. The number of rotatable bonds is 2. The lowest BCUT2D eigenvalue weighted by molar-refractivity contribution is 0.0688. The predicted molar refractivity (Wildman–Crippen MR) is 63.1 cm³/mol. The number of benzene rings is 1. The minimum absolute atomic E-state index is 0.0910. The van der Waals surface area contributed by atoms with Crippen LogP contribution in [0, 0.1) is 0 Å². The van der Waals surface area contributed by atoms with E-state index in [2.05, 4.69) is 0 Å². The lowest BCUT2D eigenvalue weighted by Crippen LogP contribution is -2.16. The van der Waals surface area contributed by atoms with Gasteiger partial charge in [0.25, 0.3) is 0 Å². The molecule has 0 bridgehead atoms. The van der Waals surface area contributed by atoms with Crippen molar-refractivity contribution in [3.05, 3.63) is 23.3 Å². The third-order valence-electron chi connectivity index (χ3n) is 2.76. The van der Waals surface area contributed by atoms with Gasteiger partial charge in [-0.2, -0.15) is 0 Å². The van der Waals surface area contributed by atoms with E-state index < -0.39 is 11.6 Å². The first-order valence-corrected chi connectivity index (χ1v) is 5.76. The molecule has 0 saturated carbocycles. The molecular weight excluding hydrogens is 239 g/mol. The number of hydrogen-bond donors (Lipinski definition) is 1. The summed E-state index contributed by atoms with van der Waals surface area (Å²) in [7, 11) is 0. The summed E-state index contributed by atoms with van der Waals surface area (Å²) >= 11 is 0. The average Bonchev–Trinajstić information content (AvgIpc) is 2.50. The number of carboxylic acid groups (broad SMARTS) is 1. The molecule has 4 nitrogen and oxygen atoms in total. The van der Waals surface area contributed by atoms with Crippen LogP contribution >= 0.6 is 0 Å². The zero-order valence-corrected chi connectivity index (χ0v) is 10.3. The van der Waals surface area contributed by atoms with Gasteiger partial charge < -0.3 is 14.6 Å². The van der Waals surface area contributed by atoms with Crippen LogP contribution in [0.1, 0.15) is 36.2 Å². The molecule has 18 heavy (non-hydrogen) atoms. The first-order valence-electron chi connectivity index (χ1n) is 5.76. The van der Waals surface area contributed by atoms with Gasteiger partial charge in [-0.3, -0.25) is 0 Å². The highest BCUT2D eigenvalue weighted by Crippen LogP contribution is 2.38. The fourth-order valence-electron chi connectivity index (χ4n) is 1.88. The highest BCUT2D eigenvalue weighted by Gasteiger charge is 2.28. The monoisotopic (exact) mass is 254 g/mol. The van der Waals surface area contributed by atoms with E-state index in [9.17, 15) is 9.18 Å². The average molecular weight is 254 g/mol. The van der Waals surface area contributed by atoms with Crippen molar-refractivity contribution in [2.45, 2.75) is 25.9 Å². The van der Waals surface area contributed by atoms with Crippen LogP contribution in [0.2, 0.25) is 0 Å². The summed E-state index contributed by atoms with van der Waals surface area (Å²) < 4.78 is 24.9. The van der Waals surface area contributed by atoms with Crippen molar-refractivity contribution in [3.8, 4) is 11.5 Å². The highest BCUT2D eigenvalue weighted by atomic mass is 19.1. The number of carboxylic acids is 1. The van der Waals surface area contributed by atoms with Gasteiger partial charge in [0, 0.05) is 12.0 Å². The summed E-state index contributed by atoms with van der Waals surface area (Å²) in [6.45, 7) is 3.58. The van der Waals surface area contributed by atoms with E-state index in [-0.39, 0.29) is 11.1 Å². The van der Waals surface area contributed by atoms with Crippen LogP contribution in [0.15, 0.2) is 12.1 Å². The summed E-state index contributed by atoms with van der Waals surface area (Å²) in [5.74, 6) is -0.414. The van der Waals surface area contributed by atoms with E-state index in [0.29, 0.717) is 31.1 Å². The maximum Gasteiger partial charge on any atom is 0.336 e. The molecule has 1 heterocycles. The summed E-state index contributed by atoms with van der Waals surface area (Å²) in [4.78, 5) is 11.2. The van der Waals surface area contributed by atoms with Gasteiger partial charge in [0.2, 0.25) is 0 Å². The molecule has 5 heteroatoms. The van der Waals surface area contributed by atoms with Crippen molar-refractivity contribution in [2.24, 2.45) is 0 Å². The minimum atomic E-state index is -1.75. The molecule has 0 aliphatic carbocycles. The minimum Gasteiger partial charge on any atom is -0.490 e. The van der Waals surface area contributed by atoms with E-state index in [1.54, 1.807) is 0 Å². The summed E-state index contributed by atoms with van der Waals surface area (Å²) in [5, 5.41) is 9.14. The van der Waals surface area contributed by atoms with Gasteiger partial charge >= 0.3 is 5.97 Å². The molecule has 1 aliphatic rings. The third-order valence-corrected chi connectivity index (χ3v) is 2.76. The SMILES string of the molecule is CC(C)(F)c1cc2c(cc1C(=O)O)OCCCO2. The molecular formula is C13H15FO4. The van der Waals surface area contributed by atoms with Gasteiger partial charge in [-0.25, -0.2) is 9.18 Å². The largest absolute Gasteiger partial charge is 0.490 e. The molecule has 0 fully saturated rings. The molecule has 0 atom stereocenters. The molecule has 0 radical (unpaired) electrons. The fraction of sp³-hybridized carbons (Fsp3) is 0.462. The second-order valence-corrected chi connectivity index (χ2v) is 4.67. The number of carbonyl (C=O) groups is 1. The number of hydrogen-bond acceptors (Lipinski definition) is 3. The highest BCUT2D eigenvalue weighted by molar-refractivity contribution is 5.91. The summed E-state index contributed by atoms with van der Waals surface area (Å²) in [6.07, 6.45) is 0.714. The molecule has 0 spiro atoms. The lowest BCUT2D eigenvalue weighted by atomic mass is 9.94. The Bertz CT molecular complexity index is 477. The topological polar surface area (TPSA) is 55.8 Å². The van der Waals surface area contributed by atoms with Crippen molar-refractivity contribution >= 4 is 5.97 Å². The van der Waals surface area contributed by atoms with Crippen molar-refractivity contribution in [3.63, 3.8) is 0 Å². The Balaban J connectivity index is 2.58. The zero-order valence-electron chi connectivity index (χ0n) is 10.3. The van der Waals surface area contributed by atoms with Crippen LogP contribution in [0.5, 0.6) is 11.5 Å². The Morgan fingerprint density at radius 3 is 2.33 bits per heavy atom. The smallest absolute Gasteiger partial charge is 0.336 e. The Labute approximate surface area is 104 Å². The zero-order chi connectivity index (χ0) is 13.3. The van der Waals surface area contributed by atoms with Crippen molar-refractivity contribution in [1.29, 1.82) is 0 Å². The molecule has 1 aromatic rings. The normalized spacial score (nSPS) is 15.1. The second kappa shape index (κ2) is 4.48. The molecule has 98 valence electrons. The fourth-order valence-corrected chi connectivity index (χ4v) is 1.88. The second-order valence-electron chi connectivity index (χ2n) is 4.67. The Morgan fingerprint density at radius 2 is 1.83 bits per heavy atom. The number of alkyl halides is 1. The van der Waals surface area contributed by atoms with Crippen LogP contribution < -0.4 is 9.47 Å². The maximum absolute atomic E-state index is 14.1. The number of aromatic carboxylic acids is 1. The molecule has 0 saturated heterocycles. The van der Waals surface area contributed by atoms with E-state index in [0.717, 1.165) is 0 Å². The van der Waals surface area contributed by atoms with Crippen LogP contribution in [0.4, 0.5) is 4.39 Å². The number of fused-ring (bicyclic) bond motifs is 1. The van der Waals surface area contributed by atoms with Crippen LogP contribution in [-0.4, -0.2) is 24.3 Å². The number of ether oxygens (including phenoxy) is 2. The molecule has 0 amide bonds. The van der Waals surface area contributed by atoms with Crippen LogP contribution in [0.25, 0.3) is 0 Å². The number of halogens is 1. The van der Waals surface area contributed by atoms with Gasteiger partial charge in [-0.05, 0) is 26.0 Å². The van der Waals surface area contributed by atoms with E-state index in [4.69, 9.17) is 14.6 Å². The van der Waals surface area contributed by atoms with E-state index in [1.807, 2.05) is 0 Å². The first kappa shape index (κ1) is 12.7. The van der Waals surface area contributed by atoms with Crippen molar-refractivity contribution in [2.75, 3.05) is 13.2 Å². The van der Waals surface area contributed by atoms with Crippen LogP contribution in [-0.2, 0) is 5.67 Å². The standard InChI is InChI=1S/C13H15FO4/c1-13(2,14)9-7-11-10(6-8(9)12(15)16)17-4-3-5-18-11/h6-7H,3-5H2,1-2H3,(H,15,16). The van der Waals surface area contributed by atoms with Gasteiger partial charge in [0.15, 0.2) is 11.5 Å². The van der Waals surface area contributed by atoms with Crippen molar-refractivity contribution in [1.82, 2.24) is 0 Å². The molecule has 2 rings (SSSR count). The lowest BCUT2D eigenvalue weighted by Gasteiger charge is -2.19. The van der Waals surface area contributed by atoms with Gasteiger partial charge in [0.05, 0.1) is 18.8 Å². The Morgan fingerprint density at radius 1 is 1.28 bits per heavy atom. The van der Waals surface area contributed by atoms with Gasteiger partial charge in [0.1, 0.15) is 5.67 Å². The maximum atomic E-state index is 14.1. The van der Waals surface area contributed by atoms with Gasteiger partial charge in [-0.1, -0.05) is 0 Å². The summed E-state index contributed by atoms with van der Waals surface area (Å²) in [6, 6.07) is 2.75. The summed E-state index contributed by atoms with van der Waals surface area (Å²) in [5.41, 5.74) is -1.75. The molecule has 0 unspecified atom stereocenters. The molecule has 1 N–H and O–H groups in total. The Kier molecular flexibility index (Phi) is 3.15. The Hall–Kier alpha value is -1.78. The van der Waals surface area contributed by atoms with E-state index in [1.165, 1.54) is 26.0 Å². The van der Waals surface area contributed by atoms with Gasteiger partial charge in [-0.15, -0.1) is 0 Å².